The molecule has 1 aromatic carbocycles. The first-order valence-corrected chi connectivity index (χ1v) is 8.34. The molecule has 2 amide bonds. The molecule has 2 rings (SSSR count). The first-order chi connectivity index (χ1) is 11.8. The molecule has 132 valence electrons. The Labute approximate surface area is 148 Å². The number of esters is 1. The molecule has 0 radical (unpaired) electrons. The minimum absolute atomic E-state index is 0.123. The van der Waals surface area contributed by atoms with E-state index < -0.39 is 29.6 Å². The molecule has 0 aliphatic carbocycles. The molecule has 1 heterocycles. The zero-order chi connectivity index (χ0) is 18.6. The van der Waals surface area contributed by atoms with Crippen molar-refractivity contribution in [2.24, 2.45) is 5.92 Å². The van der Waals surface area contributed by atoms with Gasteiger partial charge in [0, 0.05) is 0 Å². The number of carbonyl (C=O) groups is 4. The molecule has 25 heavy (non-hydrogen) atoms. The van der Waals surface area contributed by atoms with E-state index in [-0.39, 0.29) is 23.0 Å². The summed E-state index contributed by atoms with van der Waals surface area (Å²) in [5, 5.41) is 8.32. The summed E-state index contributed by atoms with van der Waals surface area (Å²) in [7, 11) is 0. The predicted molar refractivity (Wildman–Crippen MR) is 91.9 cm³/mol. The summed E-state index contributed by atoms with van der Waals surface area (Å²) in [5.41, 5.74) is 0.705. The van der Waals surface area contributed by atoms with Crippen LogP contribution in [-0.4, -0.2) is 46.2 Å². The third-order valence-corrected chi connectivity index (χ3v) is 4.10. The number of ether oxygens (including phenoxy) is 1. The van der Waals surface area contributed by atoms with Crippen molar-refractivity contribution in [2.45, 2.75) is 13.8 Å². The van der Waals surface area contributed by atoms with E-state index in [4.69, 9.17) is 9.84 Å². The first kappa shape index (κ1) is 18.7. The highest BCUT2D eigenvalue weighted by Gasteiger charge is 2.36. The lowest BCUT2D eigenvalue weighted by atomic mass is 10.1. The van der Waals surface area contributed by atoms with Crippen LogP contribution < -0.4 is 0 Å². The number of carbonyl (C=O) groups excluding carboxylic acids is 3. The topological polar surface area (TPSA) is 101 Å². The minimum atomic E-state index is -1.05. The number of hydrogen-bond acceptors (Lipinski definition) is 6. The number of benzene rings is 1. The zero-order valence-electron chi connectivity index (χ0n) is 13.7. The van der Waals surface area contributed by atoms with Crippen LogP contribution in [0.25, 0.3) is 6.08 Å². The molecule has 1 aromatic rings. The van der Waals surface area contributed by atoms with Crippen LogP contribution in [-0.2, 0) is 14.3 Å². The standard InChI is InChI=1S/C17H17NO6S/c1-10(2)9-24-14(19)8-18-15(20)13(25-17(18)23)7-11-3-5-12(6-4-11)16(21)22/h3-7,10H,8-9H2,1-2H3,(H,21,22)/b13-7+. The van der Waals surface area contributed by atoms with Gasteiger partial charge < -0.3 is 9.84 Å². The van der Waals surface area contributed by atoms with Crippen molar-refractivity contribution in [3.05, 3.63) is 40.3 Å². The van der Waals surface area contributed by atoms with Gasteiger partial charge in [0.15, 0.2) is 0 Å². The van der Waals surface area contributed by atoms with E-state index in [9.17, 15) is 19.2 Å². The fraction of sp³-hybridized carbons (Fsp3) is 0.294. The lowest BCUT2D eigenvalue weighted by Gasteiger charge is -2.12. The highest BCUT2D eigenvalue weighted by Crippen LogP contribution is 2.32. The van der Waals surface area contributed by atoms with Gasteiger partial charge in [0.25, 0.3) is 11.1 Å². The molecular weight excluding hydrogens is 346 g/mol. The summed E-state index contributed by atoms with van der Waals surface area (Å²) in [5.74, 6) is -2.10. The maximum absolute atomic E-state index is 12.3. The number of imide groups is 1. The first-order valence-electron chi connectivity index (χ1n) is 7.52. The van der Waals surface area contributed by atoms with Gasteiger partial charge in [-0.05, 0) is 41.5 Å². The van der Waals surface area contributed by atoms with Crippen molar-refractivity contribution < 1.29 is 29.0 Å². The van der Waals surface area contributed by atoms with Crippen molar-refractivity contribution in [3.63, 3.8) is 0 Å². The molecule has 8 heteroatoms. The van der Waals surface area contributed by atoms with E-state index in [1.165, 1.54) is 30.3 Å². The van der Waals surface area contributed by atoms with E-state index >= 15 is 0 Å². The maximum Gasteiger partial charge on any atom is 0.335 e. The molecule has 0 spiro atoms. The van der Waals surface area contributed by atoms with Crippen molar-refractivity contribution >= 4 is 40.9 Å². The van der Waals surface area contributed by atoms with E-state index in [1.54, 1.807) is 0 Å². The lowest BCUT2D eigenvalue weighted by Crippen LogP contribution is -2.34. The number of thioether (sulfide) groups is 1. The fourth-order valence-electron chi connectivity index (χ4n) is 1.94. The SMILES string of the molecule is CC(C)COC(=O)CN1C(=O)S/C(=C/c2ccc(C(=O)O)cc2)C1=O. The number of carboxylic acid groups (broad SMARTS) is 1. The summed E-state index contributed by atoms with van der Waals surface area (Å²) >= 11 is 0.728. The van der Waals surface area contributed by atoms with Crippen LogP contribution in [0.1, 0.15) is 29.8 Å². The van der Waals surface area contributed by atoms with Crippen molar-refractivity contribution in [2.75, 3.05) is 13.2 Å². The Morgan fingerprint density at radius 2 is 1.88 bits per heavy atom. The summed E-state index contributed by atoms with van der Waals surface area (Å²) in [6, 6.07) is 5.88. The van der Waals surface area contributed by atoms with E-state index in [0.717, 1.165) is 16.7 Å². The number of aromatic carboxylic acids is 1. The third kappa shape index (κ3) is 4.93. The van der Waals surface area contributed by atoms with Gasteiger partial charge in [-0.25, -0.2) is 4.79 Å². The minimum Gasteiger partial charge on any atom is -0.478 e. The molecule has 1 N–H and O–H groups in total. The quantitative estimate of drug-likeness (QED) is 0.612. The molecule has 1 saturated heterocycles. The van der Waals surface area contributed by atoms with Gasteiger partial charge in [0.2, 0.25) is 0 Å². The highest BCUT2D eigenvalue weighted by atomic mass is 32.2. The van der Waals surface area contributed by atoms with E-state index in [0.29, 0.717) is 5.56 Å². The molecule has 0 saturated carbocycles. The van der Waals surface area contributed by atoms with Gasteiger partial charge in [-0.1, -0.05) is 26.0 Å². The molecule has 0 atom stereocenters. The van der Waals surface area contributed by atoms with Crippen molar-refractivity contribution in [1.82, 2.24) is 4.90 Å². The summed E-state index contributed by atoms with van der Waals surface area (Å²) in [4.78, 5) is 47.8. The van der Waals surface area contributed by atoms with Crippen LogP contribution in [0.2, 0.25) is 0 Å². The Hall–Kier alpha value is -2.61. The van der Waals surface area contributed by atoms with Gasteiger partial charge in [-0.2, -0.15) is 0 Å². The average molecular weight is 363 g/mol. The number of hydrogen-bond donors (Lipinski definition) is 1. The van der Waals surface area contributed by atoms with Crippen LogP contribution in [0.15, 0.2) is 29.2 Å². The van der Waals surface area contributed by atoms with Crippen molar-refractivity contribution in [1.29, 1.82) is 0 Å². The Balaban J connectivity index is 2.06. The van der Waals surface area contributed by atoms with Crippen LogP contribution in [0.3, 0.4) is 0 Å². The van der Waals surface area contributed by atoms with Crippen molar-refractivity contribution in [3.8, 4) is 0 Å². The second-order valence-corrected chi connectivity index (χ2v) is 6.77. The molecular formula is C17H17NO6S. The van der Waals surface area contributed by atoms with Crippen LogP contribution in [0.4, 0.5) is 4.79 Å². The van der Waals surface area contributed by atoms with Crippen LogP contribution in [0.5, 0.6) is 0 Å². The zero-order valence-corrected chi connectivity index (χ0v) is 14.5. The van der Waals surface area contributed by atoms with Gasteiger partial charge in [-0.3, -0.25) is 19.3 Å². The highest BCUT2D eigenvalue weighted by molar-refractivity contribution is 8.18. The third-order valence-electron chi connectivity index (χ3n) is 3.19. The predicted octanol–water partition coefficient (Wildman–Crippen LogP) is 2.62. The number of nitrogens with zero attached hydrogens (tertiary/aromatic N) is 1. The van der Waals surface area contributed by atoms with Crippen LogP contribution >= 0.6 is 11.8 Å². The van der Waals surface area contributed by atoms with Gasteiger partial charge >= 0.3 is 11.9 Å². The van der Waals surface area contributed by atoms with Crippen LogP contribution in [0, 0.1) is 5.92 Å². The largest absolute Gasteiger partial charge is 0.478 e. The Kier molecular flexibility index (Phi) is 5.97. The second kappa shape index (κ2) is 7.98. The normalized spacial score (nSPS) is 16.0. The lowest BCUT2D eigenvalue weighted by molar-refractivity contribution is -0.147. The molecule has 1 aliphatic heterocycles. The molecule has 0 bridgehead atoms. The van der Waals surface area contributed by atoms with Gasteiger partial charge in [-0.15, -0.1) is 0 Å². The summed E-state index contributed by atoms with van der Waals surface area (Å²) in [6.45, 7) is 3.56. The van der Waals surface area contributed by atoms with Gasteiger partial charge in [0.1, 0.15) is 6.54 Å². The fourth-order valence-corrected chi connectivity index (χ4v) is 2.78. The Bertz CT molecular complexity index is 738. The number of amides is 2. The smallest absolute Gasteiger partial charge is 0.335 e. The molecule has 0 aromatic heterocycles. The van der Waals surface area contributed by atoms with E-state index in [1.807, 2.05) is 13.8 Å². The summed E-state index contributed by atoms with van der Waals surface area (Å²) in [6.07, 6.45) is 1.48. The summed E-state index contributed by atoms with van der Waals surface area (Å²) < 4.78 is 4.98. The Morgan fingerprint density at radius 1 is 1.24 bits per heavy atom. The number of carboxylic acids is 1. The Morgan fingerprint density at radius 3 is 2.44 bits per heavy atom. The molecule has 0 unspecified atom stereocenters. The van der Waals surface area contributed by atoms with E-state index in [2.05, 4.69) is 0 Å². The molecule has 1 fully saturated rings. The maximum atomic E-state index is 12.3. The molecule has 1 aliphatic rings. The number of rotatable bonds is 6. The average Bonchev–Trinajstić information content (AvgIpc) is 2.81. The monoisotopic (exact) mass is 363 g/mol. The van der Waals surface area contributed by atoms with Gasteiger partial charge in [0.05, 0.1) is 17.1 Å². The molecule has 7 nitrogen and oxygen atoms in total. The second-order valence-electron chi connectivity index (χ2n) is 5.77.